The number of hydrogen-bond acceptors (Lipinski definition) is 3. The van der Waals surface area contributed by atoms with Crippen molar-refractivity contribution in [2.45, 2.75) is 57.0 Å². The highest BCUT2D eigenvalue weighted by atomic mass is 19.4. The number of carbonyl (C=O) groups is 1. The molecule has 1 amide bonds. The molecule has 2 heterocycles. The van der Waals surface area contributed by atoms with E-state index >= 15 is 0 Å². The van der Waals surface area contributed by atoms with Crippen LogP contribution in [0, 0.1) is 18.7 Å². The van der Waals surface area contributed by atoms with Crippen LogP contribution in [0.25, 0.3) is 0 Å². The summed E-state index contributed by atoms with van der Waals surface area (Å²) in [5.74, 6) is -1.66. The molecule has 39 heavy (non-hydrogen) atoms. The van der Waals surface area contributed by atoms with E-state index < -0.39 is 41.8 Å². The number of piperidine rings is 1. The quantitative estimate of drug-likeness (QED) is 0.396. The Hall–Kier alpha value is -2.66. The van der Waals surface area contributed by atoms with Crippen molar-refractivity contribution < 1.29 is 40.3 Å². The van der Waals surface area contributed by atoms with E-state index in [2.05, 4.69) is 4.90 Å². The molecule has 4 nitrogen and oxygen atoms in total. The second-order valence-electron chi connectivity index (χ2n) is 10.4. The Labute approximate surface area is 222 Å². The molecule has 2 aromatic carbocycles. The van der Waals surface area contributed by atoms with Gasteiger partial charge >= 0.3 is 12.4 Å². The normalized spacial score (nSPS) is 21.7. The minimum absolute atomic E-state index is 0.0741. The van der Waals surface area contributed by atoms with Gasteiger partial charge in [-0.25, -0.2) is 4.39 Å². The van der Waals surface area contributed by atoms with Crippen LogP contribution in [0.2, 0.25) is 0 Å². The van der Waals surface area contributed by atoms with Crippen LogP contribution in [-0.2, 0) is 28.4 Å². The smallest absolute Gasteiger partial charge is 0.381 e. The van der Waals surface area contributed by atoms with Gasteiger partial charge in [-0.15, -0.1) is 0 Å². The van der Waals surface area contributed by atoms with Gasteiger partial charge in [0.15, 0.2) is 0 Å². The molecule has 214 valence electrons. The molecule has 2 saturated heterocycles. The van der Waals surface area contributed by atoms with E-state index in [0.29, 0.717) is 50.4 Å². The largest absolute Gasteiger partial charge is 0.416 e. The maximum Gasteiger partial charge on any atom is 0.416 e. The Kier molecular flexibility index (Phi) is 8.61. The molecule has 2 aromatic rings. The van der Waals surface area contributed by atoms with Crippen LogP contribution >= 0.6 is 0 Å². The van der Waals surface area contributed by atoms with E-state index in [9.17, 15) is 35.5 Å². The molecule has 0 unspecified atom stereocenters. The minimum atomic E-state index is -4.97. The van der Waals surface area contributed by atoms with Gasteiger partial charge in [0.25, 0.3) is 0 Å². The van der Waals surface area contributed by atoms with E-state index in [1.807, 2.05) is 0 Å². The Balaban J connectivity index is 1.60. The molecule has 4 rings (SSSR count). The summed E-state index contributed by atoms with van der Waals surface area (Å²) in [5.41, 5.74) is -1.61. The zero-order chi connectivity index (χ0) is 28.5. The number of benzene rings is 2. The van der Waals surface area contributed by atoms with E-state index in [1.54, 1.807) is 13.0 Å². The van der Waals surface area contributed by atoms with Gasteiger partial charge in [0, 0.05) is 51.2 Å². The van der Waals surface area contributed by atoms with Crippen LogP contribution < -0.4 is 0 Å². The zero-order valence-corrected chi connectivity index (χ0v) is 21.7. The zero-order valence-electron chi connectivity index (χ0n) is 21.7. The number of ether oxygens (including phenoxy) is 1. The van der Waals surface area contributed by atoms with Crippen LogP contribution in [0.4, 0.5) is 30.7 Å². The number of nitrogens with zero attached hydrogens (tertiary/aromatic N) is 2. The lowest BCUT2D eigenvalue weighted by Crippen LogP contribution is -2.50. The van der Waals surface area contributed by atoms with Crippen molar-refractivity contribution in [2.24, 2.45) is 5.92 Å². The van der Waals surface area contributed by atoms with Crippen LogP contribution in [0.15, 0.2) is 36.4 Å². The third-order valence-corrected chi connectivity index (χ3v) is 7.74. The Morgan fingerprint density at radius 3 is 2.15 bits per heavy atom. The van der Waals surface area contributed by atoms with E-state index in [4.69, 9.17) is 4.74 Å². The molecule has 2 atom stereocenters. The van der Waals surface area contributed by atoms with Crippen molar-refractivity contribution >= 4 is 5.91 Å². The first-order chi connectivity index (χ1) is 18.2. The van der Waals surface area contributed by atoms with Crippen LogP contribution in [0.3, 0.4) is 0 Å². The lowest BCUT2D eigenvalue weighted by molar-refractivity contribution is -0.143. The molecule has 2 aliphatic heterocycles. The molecule has 11 heteroatoms. The molecule has 0 bridgehead atoms. The number of aryl methyl sites for hydroxylation is 1. The number of likely N-dealkylation sites (tertiary alicyclic amines) is 1. The first-order valence-electron chi connectivity index (χ1n) is 12.8. The number of alkyl halides is 6. The summed E-state index contributed by atoms with van der Waals surface area (Å²) in [6, 6.07) is 6.04. The summed E-state index contributed by atoms with van der Waals surface area (Å²) < 4.78 is 99.3. The highest BCUT2D eigenvalue weighted by molar-refractivity contribution is 5.80. The molecule has 0 radical (unpaired) electrons. The van der Waals surface area contributed by atoms with Crippen molar-refractivity contribution in [3.8, 4) is 0 Å². The van der Waals surface area contributed by atoms with Crippen LogP contribution in [-0.4, -0.2) is 55.1 Å². The molecule has 0 aliphatic carbocycles. The van der Waals surface area contributed by atoms with Crippen molar-refractivity contribution in [1.29, 1.82) is 0 Å². The summed E-state index contributed by atoms with van der Waals surface area (Å²) in [6.45, 7) is 3.78. The van der Waals surface area contributed by atoms with Gasteiger partial charge in [-0.1, -0.05) is 6.07 Å². The van der Waals surface area contributed by atoms with Gasteiger partial charge in [0.05, 0.1) is 11.1 Å². The second kappa shape index (κ2) is 11.4. The third kappa shape index (κ3) is 6.92. The number of carbonyl (C=O) groups excluding carboxylic acids is 1. The molecule has 0 N–H and O–H groups in total. The fourth-order valence-electron chi connectivity index (χ4n) is 5.77. The van der Waals surface area contributed by atoms with Gasteiger partial charge < -0.3 is 9.64 Å². The van der Waals surface area contributed by atoms with E-state index in [-0.39, 0.29) is 29.5 Å². The van der Waals surface area contributed by atoms with Crippen molar-refractivity contribution in [3.05, 3.63) is 70.0 Å². The summed E-state index contributed by atoms with van der Waals surface area (Å²) in [4.78, 5) is 17.2. The number of halogens is 7. The number of amides is 1. The minimum Gasteiger partial charge on any atom is -0.381 e. The number of hydrogen-bond donors (Lipinski definition) is 0. The topological polar surface area (TPSA) is 32.8 Å². The number of rotatable bonds is 5. The summed E-state index contributed by atoms with van der Waals surface area (Å²) in [5, 5.41) is 0. The monoisotopic (exact) mass is 560 g/mol. The summed E-state index contributed by atoms with van der Waals surface area (Å²) in [7, 11) is 1.38. The highest BCUT2D eigenvalue weighted by Gasteiger charge is 2.40. The SMILES string of the molecule is Cc1cc(F)ccc1[C@@H]1CN(C2CCOCC2)CC[C@H]1C(=O)N(C)Cc1cc(C(F)(F)F)cc(C(F)(F)F)c1. The first-order valence-corrected chi connectivity index (χ1v) is 12.8. The van der Waals surface area contributed by atoms with Gasteiger partial charge in [-0.3, -0.25) is 9.69 Å². The van der Waals surface area contributed by atoms with Gasteiger partial charge in [0.2, 0.25) is 5.91 Å². The predicted octanol–water partition coefficient (Wildman–Crippen LogP) is 6.41. The van der Waals surface area contributed by atoms with Crippen LogP contribution in [0.1, 0.15) is 53.0 Å². The molecular formula is C28H31F7N2O2. The van der Waals surface area contributed by atoms with E-state index in [1.165, 1.54) is 24.1 Å². The molecule has 0 saturated carbocycles. The predicted molar refractivity (Wildman–Crippen MR) is 130 cm³/mol. The lowest BCUT2D eigenvalue weighted by atomic mass is 9.77. The Morgan fingerprint density at radius 2 is 1.59 bits per heavy atom. The standard InChI is InChI=1S/C28H31F7N2O2/c1-17-11-21(29)3-4-23(17)25-16-37(22-6-9-39-10-7-22)8-5-24(25)26(38)36(2)15-18-12-19(27(30,31)32)14-20(13-18)28(33,34)35/h3-4,11-14,22,24-25H,5-10,15-16H2,1-2H3/t24-,25+/m1/s1. The Morgan fingerprint density at radius 1 is 0.974 bits per heavy atom. The maximum atomic E-state index is 13.9. The Bertz CT molecular complexity index is 1140. The van der Waals surface area contributed by atoms with Crippen molar-refractivity contribution in [1.82, 2.24) is 9.80 Å². The fraction of sp³-hybridized carbons (Fsp3) is 0.536. The fourth-order valence-corrected chi connectivity index (χ4v) is 5.77. The van der Waals surface area contributed by atoms with Gasteiger partial charge in [0.1, 0.15) is 5.82 Å². The van der Waals surface area contributed by atoms with Gasteiger partial charge in [-0.05, 0) is 79.8 Å². The highest BCUT2D eigenvalue weighted by Crippen LogP contribution is 2.39. The third-order valence-electron chi connectivity index (χ3n) is 7.74. The molecule has 0 spiro atoms. The molecule has 2 aliphatic rings. The van der Waals surface area contributed by atoms with Crippen molar-refractivity contribution in [3.63, 3.8) is 0 Å². The van der Waals surface area contributed by atoms with E-state index in [0.717, 1.165) is 18.4 Å². The average Bonchev–Trinajstić information content (AvgIpc) is 2.87. The summed E-state index contributed by atoms with van der Waals surface area (Å²) >= 11 is 0. The first kappa shape index (κ1) is 29.3. The molecule has 0 aromatic heterocycles. The second-order valence-corrected chi connectivity index (χ2v) is 10.4. The lowest BCUT2D eigenvalue weighted by Gasteiger charge is -2.44. The molecule has 2 fully saturated rings. The summed E-state index contributed by atoms with van der Waals surface area (Å²) in [6.07, 6.45) is -7.78. The maximum absolute atomic E-state index is 13.9. The average molecular weight is 561 g/mol. The van der Waals surface area contributed by atoms with Gasteiger partial charge in [-0.2, -0.15) is 26.3 Å². The van der Waals surface area contributed by atoms with Crippen LogP contribution in [0.5, 0.6) is 0 Å². The van der Waals surface area contributed by atoms with Crippen molar-refractivity contribution in [2.75, 3.05) is 33.4 Å². The molecular weight excluding hydrogens is 529 g/mol.